The van der Waals surface area contributed by atoms with Crippen molar-refractivity contribution in [2.24, 2.45) is 0 Å². The molecule has 92 valence electrons. The molecule has 0 aliphatic carbocycles. The average Bonchev–Trinajstić information content (AvgIpc) is 2.28. The largest absolute Gasteiger partial charge is 0.299 e. The van der Waals surface area contributed by atoms with Crippen LogP contribution in [0.1, 0.15) is 24.3 Å². The van der Waals surface area contributed by atoms with Gasteiger partial charge in [-0.25, -0.2) is 0 Å². The summed E-state index contributed by atoms with van der Waals surface area (Å²) in [7, 11) is 0. The fourth-order valence-corrected chi connectivity index (χ4v) is 3.61. The van der Waals surface area contributed by atoms with Crippen molar-refractivity contribution in [3.05, 3.63) is 38.3 Å². The number of thioether (sulfide) groups is 1. The number of nitro groups is 1. The molecule has 1 aromatic carbocycles. The number of nitrogens with one attached hydrogen (secondary N) is 1. The molecule has 2 unspecified atom stereocenters. The highest BCUT2D eigenvalue weighted by molar-refractivity contribution is 9.10. The molecule has 0 spiro atoms. The minimum absolute atomic E-state index is 0.0206. The summed E-state index contributed by atoms with van der Waals surface area (Å²) < 4.78 is 0.738. The van der Waals surface area contributed by atoms with Gasteiger partial charge < -0.3 is 0 Å². The van der Waals surface area contributed by atoms with Crippen LogP contribution in [0.15, 0.2) is 22.7 Å². The van der Waals surface area contributed by atoms with Crippen molar-refractivity contribution >= 4 is 33.4 Å². The first-order valence-electron chi connectivity index (χ1n) is 5.39. The lowest BCUT2D eigenvalue weighted by Crippen LogP contribution is -2.33. The molecule has 4 nitrogen and oxygen atoms in total. The normalized spacial score (nSPS) is 24.6. The number of nitrogens with zero attached hydrogens (tertiary/aromatic N) is 1. The van der Waals surface area contributed by atoms with Crippen LogP contribution in [-0.4, -0.2) is 16.7 Å². The Morgan fingerprint density at radius 2 is 2.35 bits per heavy atom. The maximum Gasteiger partial charge on any atom is 0.276 e. The Kier molecular flexibility index (Phi) is 4.06. The maximum atomic E-state index is 11.0. The highest BCUT2D eigenvalue weighted by Crippen LogP contribution is 2.37. The van der Waals surface area contributed by atoms with Gasteiger partial charge in [-0.3, -0.25) is 15.4 Å². The molecule has 1 saturated heterocycles. The molecule has 0 radical (unpaired) electrons. The molecule has 1 heterocycles. The van der Waals surface area contributed by atoms with Crippen molar-refractivity contribution in [1.29, 1.82) is 0 Å². The molecule has 17 heavy (non-hydrogen) atoms. The van der Waals surface area contributed by atoms with Crippen LogP contribution in [0.3, 0.4) is 0 Å². The zero-order valence-electron chi connectivity index (χ0n) is 9.35. The Morgan fingerprint density at radius 1 is 1.59 bits per heavy atom. The van der Waals surface area contributed by atoms with Crippen LogP contribution < -0.4 is 5.32 Å². The first kappa shape index (κ1) is 12.9. The van der Waals surface area contributed by atoms with Gasteiger partial charge in [0.05, 0.1) is 15.9 Å². The van der Waals surface area contributed by atoms with E-state index in [0.717, 1.165) is 22.2 Å². The predicted octanol–water partition coefficient (Wildman–Crippen LogP) is 3.47. The molecule has 6 heteroatoms. The molecule has 1 aliphatic heterocycles. The fraction of sp³-hybridized carbons (Fsp3) is 0.455. The monoisotopic (exact) mass is 316 g/mol. The van der Waals surface area contributed by atoms with E-state index in [2.05, 4.69) is 28.2 Å². The molecule has 1 fully saturated rings. The highest BCUT2D eigenvalue weighted by Gasteiger charge is 2.26. The molecular weight excluding hydrogens is 304 g/mol. The van der Waals surface area contributed by atoms with Crippen LogP contribution >= 0.6 is 27.7 Å². The van der Waals surface area contributed by atoms with Gasteiger partial charge in [0.15, 0.2) is 0 Å². The fourth-order valence-electron chi connectivity index (χ4n) is 1.83. The number of rotatable bonds is 2. The molecular formula is C11H13BrN2O2S. The van der Waals surface area contributed by atoms with Crippen LogP contribution in [0, 0.1) is 10.1 Å². The maximum absolute atomic E-state index is 11.0. The van der Waals surface area contributed by atoms with Gasteiger partial charge >= 0.3 is 0 Å². The van der Waals surface area contributed by atoms with E-state index in [1.807, 2.05) is 12.1 Å². The third-order valence-corrected chi connectivity index (χ3v) is 4.43. The van der Waals surface area contributed by atoms with Gasteiger partial charge in [0.2, 0.25) is 0 Å². The van der Waals surface area contributed by atoms with Crippen LogP contribution in [0.25, 0.3) is 0 Å². The summed E-state index contributed by atoms with van der Waals surface area (Å²) in [5.74, 6) is 1.03. The van der Waals surface area contributed by atoms with Gasteiger partial charge in [0.25, 0.3) is 5.69 Å². The van der Waals surface area contributed by atoms with Crippen molar-refractivity contribution in [3.63, 3.8) is 0 Å². The van der Waals surface area contributed by atoms with Crippen molar-refractivity contribution < 1.29 is 4.92 Å². The van der Waals surface area contributed by atoms with Gasteiger partial charge in [-0.15, -0.1) is 11.8 Å². The number of halogens is 1. The summed E-state index contributed by atoms with van der Waals surface area (Å²) in [6.45, 7) is 2.11. The number of benzene rings is 1. The molecule has 1 aliphatic rings. The quantitative estimate of drug-likeness (QED) is 0.670. The lowest BCUT2D eigenvalue weighted by atomic mass is 10.1. The zero-order chi connectivity index (χ0) is 12.4. The Bertz CT molecular complexity index is 441. The van der Waals surface area contributed by atoms with E-state index in [4.69, 9.17) is 0 Å². The van der Waals surface area contributed by atoms with Crippen molar-refractivity contribution in [2.75, 3.05) is 5.75 Å². The van der Waals surface area contributed by atoms with E-state index in [-0.39, 0.29) is 16.0 Å². The minimum Gasteiger partial charge on any atom is -0.299 e. The second-order valence-corrected chi connectivity index (χ2v) is 6.20. The molecule has 2 atom stereocenters. The molecule has 0 aromatic heterocycles. The standard InChI is InChI=1S/C11H13BrN2O2S/c1-7-4-5-17-11(13-7)9-3-2-8(12)6-10(9)14(15)16/h2-3,6-7,11,13H,4-5H2,1H3. The van der Waals surface area contributed by atoms with E-state index in [0.29, 0.717) is 6.04 Å². The second kappa shape index (κ2) is 5.37. The SMILES string of the molecule is CC1CCSC(c2ccc(Br)cc2[N+](=O)[O-])N1. The first-order chi connectivity index (χ1) is 8.08. The van der Waals surface area contributed by atoms with Crippen molar-refractivity contribution in [2.45, 2.75) is 24.8 Å². The van der Waals surface area contributed by atoms with E-state index in [9.17, 15) is 10.1 Å². The predicted molar refractivity (Wildman–Crippen MR) is 73.2 cm³/mol. The molecule has 0 amide bonds. The zero-order valence-corrected chi connectivity index (χ0v) is 11.8. The molecule has 0 bridgehead atoms. The lowest BCUT2D eigenvalue weighted by Gasteiger charge is -2.28. The Morgan fingerprint density at radius 3 is 3.00 bits per heavy atom. The number of hydrogen-bond acceptors (Lipinski definition) is 4. The number of nitro benzene ring substituents is 1. The second-order valence-electron chi connectivity index (χ2n) is 4.07. The Labute approximate surface area is 112 Å². The van der Waals surface area contributed by atoms with Crippen molar-refractivity contribution in [3.8, 4) is 0 Å². The van der Waals surface area contributed by atoms with Crippen molar-refractivity contribution in [1.82, 2.24) is 5.32 Å². The van der Waals surface area contributed by atoms with Crippen LogP contribution in [0.2, 0.25) is 0 Å². The number of hydrogen-bond donors (Lipinski definition) is 1. The van der Waals surface area contributed by atoms with Gasteiger partial charge in [-0.05, 0) is 31.2 Å². The molecule has 0 saturated carbocycles. The lowest BCUT2D eigenvalue weighted by molar-refractivity contribution is -0.385. The Hall–Kier alpha value is -0.590. The topological polar surface area (TPSA) is 55.2 Å². The molecule has 1 N–H and O–H groups in total. The minimum atomic E-state index is -0.318. The van der Waals surface area contributed by atoms with Crippen LogP contribution in [0.5, 0.6) is 0 Å². The summed E-state index contributed by atoms with van der Waals surface area (Å²) in [5, 5.41) is 14.5. The molecule has 1 aromatic rings. The summed E-state index contributed by atoms with van der Waals surface area (Å²) in [4.78, 5) is 10.7. The first-order valence-corrected chi connectivity index (χ1v) is 7.23. The van der Waals surface area contributed by atoms with E-state index in [1.165, 1.54) is 0 Å². The van der Waals surface area contributed by atoms with Crippen LogP contribution in [0.4, 0.5) is 5.69 Å². The smallest absolute Gasteiger partial charge is 0.276 e. The molecule has 2 rings (SSSR count). The van der Waals surface area contributed by atoms with E-state index < -0.39 is 0 Å². The summed E-state index contributed by atoms with van der Waals surface area (Å²) in [6, 6.07) is 5.65. The summed E-state index contributed by atoms with van der Waals surface area (Å²) >= 11 is 5.00. The van der Waals surface area contributed by atoms with Crippen LogP contribution in [-0.2, 0) is 0 Å². The summed E-state index contributed by atoms with van der Waals surface area (Å²) in [5.41, 5.74) is 0.938. The third-order valence-electron chi connectivity index (χ3n) is 2.74. The highest BCUT2D eigenvalue weighted by atomic mass is 79.9. The summed E-state index contributed by atoms with van der Waals surface area (Å²) in [6.07, 6.45) is 1.10. The van der Waals surface area contributed by atoms with Gasteiger partial charge in [-0.2, -0.15) is 0 Å². The average molecular weight is 317 g/mol. The third kappa shape index (κ3) is 3.00. The van der Waals surface area contributed by atoms with Gasteiger partial charge in [0, 0.05) is 16.6 Å². The Balaban J connectivity index is 2.33. The van der Waals surface area contributed by atoms with Gasteiger partial charge in [-0.1, -0.05) is 15.9 Å². The van der Waals surface area contributed by atoms with E-state index in [1.54, 1.807) is 17.8 Å². The van der Waals surface area contributed by atoms with E-state index >= 15 is 0 Å². The van der Waals surface area contributed by atoms with Gasteiger partial charge in [0.1, 0.15) is 0 Å².